The Hall–Kier alpha value is -2.05. The molecule has 4 heteroatoms. The molecule has 0 aliphatic heterocycles. The number of pyridine rings is 1. The van der Waals surface area contributed by atoms with E-state index in [9.17, 15) is 0 Å². The minimum atomic E-state index is 0.401. The monoisotopic (exact) mass is 244 g/mol. The van der Waals surface area contributed by atoms with E-state index in [2.05, 4.69) is 4.98 Å². The summed E-state index contributed by atoms with van der Waals surface area (Å²) in [6.07, 6.45) is 1.62. The lowest BCUT2D eigenvalue weighted by atomic mass is 10.2. The van der Waals surface area contributed by atoms with Crippen LogP contribution in [0.15, 0.2) is 36.5 Å². The maximum absolute atomic E-state index is 8.96. The molecule has 0 spiro atoms. The highest BCUT2D eigenvalue weighted by atomic mass is 35.5. The molecular weight excluding hydrogens is 236 g/mol. The summed E-state index contributed by atoms with van der Waals surface area (Å²) >= 11 is 5.80. The van der Waals surface area contributed by atoms with E-state index < -0.39 is 0 Å². The second kappa shape index (κ2) is 4.86. The summed E-state index contributed by atoms with van der Waals surface area (Å²) < 4.78 is 5.57. The standard InChI is InChI=1S/C13H9ClN2O/c1-9-2-4-12(8-16-9)17-13-5-3-11(14)6-10(13)7-15/h2-6,8H,1H3. The molecule has 2 aromatic rings. The van der Waals surface area contributed by atoms with E-state index in [-0.39, 0.29) is 0 Å². The van der Waals surface area contributed by atoms with Crippen LogP contribution >= 0.6 is 11.6 Å². The molecule has 0 unspecified atom stereocenters. The molecule has 84 valence electrons. The first kappa shape index (κ1) is 11.4. The maximum atomic E-state index is 8.96. The Morgan fingerprint density at radius 3 is 2.76 bits per heavy atom. The van der Waals surface area contributed by atoms with Gasteiger partial charge in [0.2, 0.25) is 0 Å². The zero-order valence-electron chi connectivity index (χ0n) is 9.14. The molecule has 0 saturated heterocycles. The van der Waals surface area contributed by atoms with Gasteiger partial charge in [0.05, 0.1) is 11.8 Å². The molecule has 0 fully saturated rings. The van der Waals surface area contributed by atoms with Crippen molar-refractivity contribution in [1.29, 1.82) is 5.26 Å². The van der Waals surface area contributed by atoms with E-state index in [1.54, 1.807) is 30.5 Å². The van der Waals surface area contributed by atoms with Crippen molar-refractivity contribution in [3.63, 3.8) is 0 Å². The van der Waals surface area contributed by atoms with Crippen molar-refractivity contribution < 1.29 is 4.74 Å². The largest absolute Gasteiger partial charge is 0.454 e. The number of ether oxygens (including phenoxy) is 1. The van der Waals surface area contributed by atoms with Crippen molar-refractivity contribution in [3.05, 3.63) is 52.8 Å². The fourth-order valence-electron chi connectivity index (χ4n) is 1.32. The molecule has 3 nitrogen and oxygen atoms in total. The zero-order valence-corrected chi connectivity index (χ0v) is 9.90. The first-order valence-corrected chi connectivity index (χ1v) is 5.37. The van der Waals surface area contributed by atoms with Crippen molar-refractivity contribution >= 4 is 11.6 Å². The minimum Gasteiger partial charge on any atom is -0.454 e. The fraction of sp³-hybridized carbons (Fsp3) is 0.0769. The van der Waals surface area contributed by atoms with Gasteiger partial charge in [-0.2, -0.15) is 5.26 Å². The number of hydrogen-bond acceptors (Lipinski definition) is 3. The summed E-state index contributed by atoms with van der Waals surface area (Å²) in [5.74, 6) is 1.07. The van der Waals surface area contributed by atoms with Gasteiger partial charge in [-0.3, -0.25) is 4.98 Å². The van der Waals surface area contributed by atoms with Crippen LogP contribution in [0.3, 0.4) is 0 Å². The molecule has 0 N–H and O–H groups in total. The third kappa shape index (κ3) is 2.74. The SMILES string of the molecule is Cc1ccc(Oc2ccc(Cl)cc2C#N)cn1. The molecule has 0 amide bonds. The number of nitrogens with zero attached hydrogens (tertiary/aromatic N) is 2. The van der Waals surface area contributed by atoms with E-state index in [1.165, 1.54) is 0 Å². The number of aromatic nitrogens is 1. The molecule has 17 heavy (non-hydrogen) atoms. The molecule has 0 aliphatic rings. The van der Waals surface area contributed by atoms with E-state index in [4.69, 9.17) is 21.6 Å². The Labute approximate surface area is 104 Å². The van der Waals surface area contributed by atoms with Gasteiger partial charge in [0.25, 0.3) is 0 Å². The number of hydrogen-bond donors (Lipinski definition) is 0. The highest BCUT2D eigenvalue weighted by molar-refractivity contribution is 6.30. The molecule has 0 radical (unpaired) electrons. The lowest BCUT2D eigenvalue weighted by molar-refractivity contribution is 0.478. The van der Waals surface area contributed by atoms with Crippen molar-refractivity contribution in [2.24, 2.45) is 0 Å². The predicted molar refractivity (Wildman–Crippen MR) is 65.2 cm³/mol. The Morgan fingerprint density at radius 2 is 2.12 bits per heavy atom. The van der Waals surface area contributed by atoms with Crippen LogP contribution in [0.2, 0.25) is 5.02 Å². The second-order valence-corrected chi connectivity index (χ2v) is 3.93. The van der Waals surface area contributed by atoms with E-state index in [0.29, 0.717) is 22.1 Å². The summed E-state index contributed by atoms with van der Waals surface area (Å²) in [5.41, 5.74) is 1.31. The number of halogens is 1. The van der Waals surface area contributed by atoms with Crippen LogP contribution in [0.4, 0.5) is 0 Å². The number of rotatable bonds is 2. The summed E-state index contributed by atoms with van der Waals surface area (Å²) in [6.45, 7) is 1.90. The molecule has 1 aromatic carbocycles. The van der Waals surface area contributed by atoms with Gasteiger partial charge in [-0.25, -0.2) is 0 Å². The maximum Gasteiger partial charge on any atom is 0.145 e. The Morgan fingerprint density at radius 1 is 1.29 bits per heavy atom. The quantitative estimate of drug-likeness (QED) is 0.809. The van der Waals surface area contributed by atoms with Gasteiger partial charge in [0, 0.05) is 10.7 Å². The topological polar surface area (TPSA) is 45.9 Å². The predicted octanol–water partition coefficient (Wildman–Crippen LogP) is 3.71. The van der Waals surface area contributed by atoms with Crippen LogP contribution in [0.25, 0.3) is 0 Å². The van der Waals surface area contributed by atoms with Gasteiger partial charge in [0.15, 0.2) is 0 Å². The van der Waals surface area contributed by atoms with Gasteiger partial charge < -0.3 is 4.74 Å². The molecular formula is C13H9ClN2O. The fourth-order valence-corrected chi connectivity index (χ4v) is 1.49. The molecule has 0 aliphatic carbocycles. The van der Waals surface area contributed by atoms with Gasteiger partial charge in [0.1, 0.15) is 17.6 Å². The van der Waals surface area contributed by atoms with E-state index in [0.717, 1.165) is 5.69 Å². The van der Waals surface area contributed by atoms with Crippen molar-refractivity contribution in [2.45, 2.75) is 6.92 Å². The normalized spacial score (nSPS) is 9.71. The average Bonchev–Trinajstić information content (AvgIpc) is 2.34. The Bertz CT molecular complexity index is 573. The van der Waals surface area contributed by atoms with E-state index >= 15 is 0 Å². The van der Waals surface area contributed by atoms with Gasteiger partial charge in [-0.1, -0.05) is 11.6 Å². The third-order valence-corrected chi connectivity index (χ3v) is 2.41. The summed E-state index contributed by atoms with van der Waals surface area (Å²) in [6, 6.07) is 10.6. The van der Waals surface area contributed by atoms with Crippen LogP contribution in [0.5, 0.6) is 11.5 Å². The second-order valence-electron chi connectivity index (χ2n) is 3.49. The lowest BCUT2D eigenvalue weighted by Crippen LogP contribution is -1.89. The molecule has 1 heterocycles. The highest BCUT2D eigenvalue weighted by Gasteiger charge is 2.05. The molecule has 2 rings (SSSR count). The van der Waals surface area contributed by atoms with Crippen LogP contribution in [-0.2, 0) is 0 Å². The van der Waals surface area contributed by atoms with Crippen LogP contribution in [0, 0.1) is 18.3 Å². The van der Waals surface area contributed by atoms with Crippen LogP contribution in [0.1, 0.15) is 11.3 Å². The zero-order chi connectivity index (χ0) is 12.3. The first-order chi connectivity index (χ1) is 8.19. The Balaban J connectivity index is 2.30. The van der Waals surface area contributed by atoms with Crippen LogP contribution < -0.4 is 4.74 Å². The van der Waals surface area contributed by atoms with Crippen molar-refractivity contribution in [3.8, 4) is 17.6 Å². The first-order valence-electron chi connectivity index (χ1n) is 4.99. The molecule has 0 saturated carbocycles. The average molecular weight is 245 g/mol. The summed E-state index contributed by atoms with van der Waals surface area (Å²) in [7, 11) is 0. The van der Waals surface area contributed by atoms with Gasteiger partial charge in [-0.15, -0.1) is 0 Å². The van der Waals surface area contributed by atoms with Crippen molar-refractivity contribution in [2.75, 3.05) is 0 Å². The smallest absolute Gasteiger partial charge is 0.145 e. The Kier molecular flexibility index (Phi) is 3.27. The lowest BCUT2D eigenvalue weighted by Gasteiger charge is -2.07. The third-order valence-electron chi connectivity index (χ3n) is 2.17. The van der Waals surface area contributed by atoms with Gasteiger partial charge >= 0.3 is 0 Å². The number of nitriles is 1. The van der Waals surface area contributed by atoms with E-state index in [1.807, 2.05) is 19.1 Å². The molecule has 1 aromatic heterocycles. The summed E-state index contributed by atoms with van der Waals surface area (Å²) in [4.78, 5) is 4.11. The molecule has 0 bridgehead atoms. The van der Waals surface area contributed by atoms with Crippen LogP contribution in [-0.4, -0.2) is 4.98 Å². The highest BCUT2D eigenvalue weighted by Crippen LogP contribution is 2.26. The van der Waals surface area contributed by atoms with Crippen molar-refractivity contribution in [1.82, 2.24) is 4.98 Å². The number of aryl methyl sites for hydroxylation is 1. The number of benzene rings is 1. The summed E-state index contributed by atoms with van der Waals surface area (Å²) in [5, 5.41) is 9.47. The molecule has 0 atom stereocenters. The minimum absolute atomic E-state index is 0.401. The van der Waals surface area contributed by atoms with Gasteiger partial charge in [-0.05, 0) is 37.3 Å².